The normalized spacial score (nSPS) is 10.6. The Kier molecular flexibility index (Phi) is 6.13. The zero-order valence-corrected chi connectivity index (χ0v) is 19.6. The van der Waals surface area contributed by atoms with Gasteiger partial charge in [0, 0.05) is 22.7 Å². The fraction of sp³-hybridized carbons (Fsp3) is 0.0625. The van der Waals surface area contributed by atoms with Crippen molar-refractivity contribution in [3.05, 3.63) is 145 Å². The van der Waals surface area contributed by atoms with Gasteiger partial charge in [-0.25, -0.2) is 0 Å². The number of aryl methyl sites for hydroxylation is 2. The third-order valence-electron chi connectivity index (χ3n) is 6.11. The van der Waals surface area contributed by atoms with Crippen molar-refractivity contribution < 1.29 is 0 Å². The molecule has 0 amide bonds. The monoisotopic (exact) mass is 440 g/mol. The fourth-order valence-electron chi connectivity index (χ4n) is 4.44. The number of para-hydroxylation sites is 6. The second-order valence-electron chi connectivity index (χ2n) is 8.40. The molecule has 5 rings (SSSR count). The van der Waals surface area contributed by atoms with E-state index in [0.29, 0.717) is 0 Å². The average molecular weight is 441 g/mol. The molecule has 0 bridgehead atoms. The molecular formula is C32H28N2. The lowest BCUT2D eigenvalue weighted by Crippen LogP contribution is -2.18. The molecule has 0 radical (unpaired) electrons. The molecule has 34 heavy (non-hydrogen) atoms. The zero-order valence-electron chi connectivity index (χ0n) is 19.6. The summed E-state index contributed by atoms with van der Waals surface area (Å²) in [4.78, 5) is 4.72. The molecule has 5 aromatic carbocycles. The van der Waals surface area contributed by atoms with Crippen LogP contribution in [0.2, 0.25) is 0 Å². The van der Waals surface area contributed by atoms with Gasteiger partial charge in [0.05, 0.1) is 11.4 Å². The van der Waals surface area contributed by atoms with E-state index in [4.69, 9.17) is 0 Å². The van der Waals surface area contributed by atoms with E-state index in [9.17, 15) is 0 Å². The van der Waals surface area contributed by atoms with Crippen molar-refractivity contribution in [3.63, 3.8) is 0 Å². The van der Waals surface area contributed by atoms with Crippen LogP contribution in [-0.2, 0) is 0 Å². The van der Waals surface area contributed by atoms with Crippen LogP contribution in [0.3, 0.4) is 0 Å². The van der Waals surface area contributed by atoms with Gasteiger partial charge in [0.25, 0.3) is 0 Å². The summed E-state index contributed by atoms with van der Waals surface area (Å²) in [6.45, 7) is 4.34. The Morgan fingerprint density at radius 2 is 0.618 bits per heavy atom. The predicted octanol–water partition coefficient (Wildman–Crippen LogP) is 9.24. The van der Waals surface area contributed by atoms with E-state index in [1.165, 1.54) is 22.5 Å². The molecule has 0 fully saturated rings. The van der Waals surface area contributed by atoms with Crippen molar-refractivity contribution in [1.29, 1.82) is 0 Å². The van der Waals surface area contributed by atoms with Crippen molar-refractivity contribution in [2.75, 3.05) is 9.80 Å². The first kappa shape index (κ1) is 21.5. The lowest BCUT2D eigenvalue weighted by atomic mass is 10.1. The third kappa shape index (κ3) is 4.18. The Bertz CT molecular complexity index is 1270. The lowest BCUT2D eigenvalue weighted by Gasteiger charge is -2.34. The maximum Gasteiger partial charge on any atom is 0.0702 e. The van der Waals surface area contributed by atoms with Crippen LogP contribution in [0.4, 0.5) is 34.1 Å². The van der Waals surface area contributed by atoms with Crippen LogP contribution >= 0.6 is 0 Å². The Morgan fingerprint density at radius 1 is 0.324 bits per heavy atom. The Labute approximate surface area is 202 Å². The second-order valence-corrected chi connectivity index (χ2v) is 8.40. The minimum Gasteiger partial charge on any atom is -0.308 e. The first-order chi connectivity index (χ1) is 16.7. The molecule has 0 N–H and O–H groups in total. The molecule has 2 nitrogen and oxygen atoms in total. The minimum atomic E-state index is 1.12. The Hall–Kier alpha value is -4.30. The first-order valence-corrected chi connectivity index (χ1v) is 11.6. The van der Waals surface area contributed by atoms with Crippen molar-refractivity contribution in [3.8, 4) is 0 Å². The molecule has 0 spiro atoms. The molecule has 2 heteroatoms. The van der Waals surface area contributed by atoms with Crippen molar-refractivity contribution in [2.45, 2.75) is 13.8 Å². The van der Waals surface area contributed by atoms with E-state index >= 15 is 0 Å². The van der Waals surface area contributed by atoms with Crippen LogP contribution in [-0.4, -0.2) is 0 Å². The highest BCUT2D eigenvalue weighted by atomic mass is 15.2. The molecule has 0 aliphatic heterocycles. The molecule has 0 unspecified atom stereocenters. The van der Waals surface area contributed by atoms with E-state index < -0.39 is 0 Å². The molecule has 0 aromatic heterocycles. The van der Waals surface area contributed by atoms with Crippen LogP contribution < -0.4 is 9.80 Å². The first-order valence-electron chi connectivity index (χ1n) is 11.6. The predicted molar refractivity (Wildman–Crippen MR) is 145 cm³/mol. The van der Waals surface area contributed by atoms with Crippen molar-refractivity contribution in [2.24, 2.45) is 0 Å². The van der Waals surface area contributed by atoms with E-state index in [1.54, 1.807) is 0 Å². The van der Waals surface area contributed by atoms with Gasteiger partial charge in [-0.05, 0) is 73.5 Å². The van der Waals surface area contributed by atoms with Gasteiger partial charge >= 0.3 is 0 Å². The summed E-state index contributed by atoms with van der Waals surface area (Å²) in [7, 11) is 0. The SMILES string of the molecule is Cc1ccccc1N(c1ccccc1)c1ccccc1N(c1ccccc1)c1ccccc1C. The van der Waals surface area contributed by atoms with Gasteiger partial charge in [-0.1, -0.05) is 84.9 Å². The number of hydrogen-bond acceptors (Lipinski definition) is 2. The minimum absolute atomic E-state index is 1.12. The van der Waals surface area contributed by atoms with Crippen LogP contribution in [0.1, 0.15) is 11.1 Å². The quantitative estimate of drug-likeness (QED) is 0.259. The number of benzene rings is 5. The maximum atomic E-state index is 2.36. The highest BCUT2D eigenvalue weighted by Gasteiger charge is 2.22. The molecule has 0 aliphatic rings. The van der Waals surface area contributed by atoms with Crippen LogP contribution in [0.15, 0.2) is 133 Å². The van der Waals surface area contributed by atoms with E-state index in [1.807, 2.05) is 0 Å². The molecular weight excluding hydrogens is 412 g/mol. The molecule has 0 heterocycles. The summed E-state index contributed by atoms with van der Waals surface area (Å²) in [5, 5.41) is 0. The topological polar surface area (TPSA) is 6.48 Å². The summed E-state index contributed by atoms with van der Waals surface area (Å²) in [5.41, 5.74) is 9.28. The van der Waals surface area contributed by atoms with Crippen LogP contribution in [0.5, 0.6) is 0 Å². The Morgan fingerprint density at radius 3 is 0.971 bits per heavy atom. The maximum absolute atomic E-state index is 2.36. The molecule has 0 saturated heterocycles. The lowest BCUT2D eigenvalue weighted by molar-refractivity contribution is 1.20. The summed E-state index contributed by atoms with van der Waals surface area (Å²) in [6, 6.07) is 47.0. The molecule has 166 valence electrons. The highest BCUT2D eigenvalue weighted by molar-refractivity contribution is 5.92. The summed E-state index contributed by atoms with van der Waals surface area (Å²) in [5.74, 6) is 0. The van der Waals surface area contributed by atoms with Gasteiger partial charge in [0.15, 0.2) is 0 Å². The third-order valence-corrected chi connectivity index (χ3v) is 6.11. The largest absolute Gasteiger partial charge is 0.308 e. The van der Waals surface area contributed by atoms with Gasteiger partial charge < -0.3 is 9.80 Å². The summed E-state index contributed by atoms with van der Waals surface area (Å²) >= 11 is 0. The number of hydrogen-bond donors (Lipinski definition) is 0. The fourth-order valence-corrected chi connectivity index (χ4v) is 4.44. The van der Waals surface area contributed by atoms with Gasteiger partial charge in [-0.15, -0.1) is 0 Å². The van der Waals surface area contributed by atoms with E-state index in [2.05, 4.69) is 157 Å². The smallest absolute Gasteiger partial charge is 0.0702 e. The molecule has 5 aromatic rings. The van der Waals surface area contributed by atoms with Crippen LogP contribution in [0, 0.1) is 13.8 Å². The highest BCUT2D eigenvalue weighted by Crippen LogP contribution is 2.46. The molecule has 0 saturated carbocycles. The standard InChI is InChI=1S/C32H28N2/c1-25-15-9-11-21-29(25)33(27-17-5-3-6-18-27)31-23-13-14-24-32(31)34(28-19-7-4-8-20-28)30-22-12-10-16-26(30)2/h3-24H,1-2H3. The number of rotatable bonds is 6. The van der Waals surface area contributed by atoms with Crippen molar-refractivity contribution in [1.82, 2.24) is 0 Å². The zero-order chi connectivity index (χ0) is 23.3. The molecule has 0 aliphatic carbocycles. The summed E-state index contributed by atoms with van der Waals surface area (Å²) < 4.78 is 0. The number of nitrogens with zero attached hydrogens (tertiary/aromatic N) is 2. The van der Waals surface area contributed by atoms with Crippen LogP contribution in [0.25, 0.3) is 0 Å². The number of anilines is 6. The van der Waals surface area contributed by atoms with E-state index in [-0.39, 0.29) is 0 Å². The second kappa shape index (κ2) is 9.68. The average Bonchev–Trinajstić information content (AvgIpc) is 2.89. The van der Waals surface area contributed by atoms with Gasteiger partial charge in [-0.3, -0.25) is 0 Å². The van der Waals surface area contributed by atoms with E-state index in [0.717, 1.165) is 22.7 Å². The van der Waals surface area contributed by atoms with Crippen molar-refractivity contribution >= 4 is 34.1 Å². The Balaban J connectivity index is 1.78. The van der Waals surface area contributed by atoms with Gasteiger partial charge in [0.1, 0.15) is 0 Å². The molecule has 0 atom stereocenters. The van der Waals surface area contributed by atoms with Gasteiger partial charge in [-0.2, -0.15) is 0 Å². The van der Waals surface area contributed by atoms with Gasteiger partial charge in [0.2, 0.25) is 0 Å². The summed E-state index contributed by atoms with van der Waals surface area (Å²) in [6.07, 6.45) is 0.